The summed E-state index contributed by atoms with van der Waals surface area (Å²) in [4.78, 5) is 0. The summed E-state index contributed by atoms with van der Waals surface area (Å²) in [5, 5.41) is 4.39. The lowest BCUT2D eigenvalue weighted by molar-refractivity contribution is 0.352. The number of anilines is 1. The summed E-state index contributed by atoms with van der Waals surface area (Å²) < 4.78 is 0. The number of nitrogens with one attached hydrogen (secondary N) is 1. The van der Waals surface area contributed by atoms with Gasteiger partial charge in [0.15, 0.2) is 0 Å². The average molecular weight is 288 g/mol. The number of benzene rings is 2. The van der Waals surface area contributed by atoms with Crippen molar-refractivity contribution < 1.29 is 0 Å². The maximum Gasteiger partial charge on any atom is 0.0518 e. The van der Waals surface area contributed by atoms with E-state index in [9.17, 15) is 0 Å². The van der Waals surface area contributed by atoms with Crippen molar-refractivity contribution in [3.8, 4) is 0 Å². The molecular weight excluding hydrogens is 266 g/mol. The zero-order valence-corrected chi connectivity index (χ0v) is 13.1. The van der Waals surface area contributed by atoms with Crippen LogP contribution in [0.2, 0.25) is 5.02 Å². The molecule has 2 aromatic carbocycles. The molecule has 2 heteroatoms. The van der Waals surface area contributed by atoms with Crippen molar-refractivity contribution in [2.24, 2.45) is 5.41 Å². The number of hydrogen-bond acceptors (Lipinski definition) is 1. The zero-order valence-electron chi connectivity index (χ0n) is 12.4. The topological polar surface area (TPSA) is 12.0 Å². The maximum absolute atomic E-state index is 5.94. The van der Waals surface area contributed by atoms with Crippen molar-refractivity contribution in [1.82, 2.24) is 0 Å². The lowest BCUT2D eigenvalue weighted by atomic mass is 9.85. The first-order valence-electron chi connectivity index (χ1n) is 7.01. The summed E-state index contributed by atoms with van der Waals surface area (Å²) in [6.07, 6.45) is 1.07. The molecule has 1 atom stereocenters. The second-order valence-corrected chi connectivity index (χ2v) is 6.82. The molecule has 0 saturated heterocycles. The molecule has 0 spiro atoms. The summed E-state index contributed by atoms with van der Waals surface area (Å²) in [6.45, 7) is 6.81. The summed E-state index contributed by atoms with van der Waals surface area (Å²) in [5.74, 6) is 0. The Morgan fingerprint density at radius 3 is 2.10 bits per heavy atom. The van der Waals surface area contributed by atoms with E-state index in [2.05, 4.69) is 56.4 Å². The van der Waals surface area contributed by atoms with Crippen LogP contribution in [0.5, 0.6) is 0 Å². The molecule has 0 radical (unpaired) electrons. The molecule has 1 N–H and O–H groups in total. The summed E-state index contributed by atoms with van der Waals surface area (Å²) in [5.41, 5.74) is 2.69. The van der Waals surface area contributed by atoms with Crippen LogP contribution < -0.4 is 5.32 Å². The van der Waals surface area contributed by atoms with Crippen LogP contribution in [0.15, 0.2) is 54.6 Å². The SMILES string of the molecule is CC(C)(C)CC(Nc1ccc(Cl)cc1)c1ccccc1. The van der Waals surface area contributed by atoms with Crippen molar-refractivity contribution in [3.05, 3.63) is 65.2 Å². The standard InChI is InChI=1S/C18H22ClN/c1-18(2,3)13-17(14-7-5-4-6-8-14)20-16-11-9-15(19)10-12-16/h4-12,17,20H,13H2,1-3H3. The first kappa shape index (κ1) is 14.9. The zero-order chi connectivity index (χ0) is 14.6. The molecule has 0 aliphatic rings. The van der Waals surface area contributed by atoms with Crippen molar-refractivity contribution in [2.45, 2.75) is 33.2 Å². The average Bonchev–Trinajstić information content (AvgIpc) is 2.40. The monoisotopic (exact) mass is 287 g/mol. The Morgan fingerprint density at radius 2 is 1.55 bits per heavy atom. The number of hydrogen-bond donors (Lipinski definition) is 1. The summed E-state index contributed by atoms with van der Waals surface area (Å²) in [6, 6.07) is 18.8. The Morgan fingerprint density at radius 1 is 0.950 bits per heavy atom. The Labute approximate surface area is 127 Å². The molecule has 2 rings (SSSR count). The molecule has 0 aromatic heterocycles. The van der Waals surface area contributed by atoms with Crippen LogP contribution in [-0.4, -0.2) is 0 Å². The van der Waals surface area contributed by atoms with Gasteiger partial charge in [0.05, 0.1) is 6.04 Å². The molecular formula is C18H22ClN. The van der Waals surface area contributed by atoms with Crippen LogP contribution in [0.4, 0.5) is 5.69 Å². The van der Waals surface area contributed by atoms with Gasteiger partial charge in [-0.2, -0.15) is 0 Å². The quantitative estimate of drug-likeness (QED) is 0.735. The minimum absolute atomic E-state index is 0.264. The number of halogens is 1. The predicted molar refractivity (Wildman–Crippen MR) is 88.3 cm³/mol. The smallest absolute Gasteiger partial charge is 0.0518 e. The molecule has 0 aliphatic carbocycles. The van der Waals surface area contributed by atoms with Crippen LogP contribution in [0, 0.1) is 5.41 Å². The maximum atomic E-state index is 5.94. The van der Waals surface area contributed by atoms with Gasteiger partial charge in [-0.1, -0.05) is 62.7 Å². The van der Waals surface area contributed by atoms with Gasteiger partial charge in [0, 0.05) is 10.7 Å². The third kappa shape index (κ3) is 4.57. The fourth-order valence-electron chi connectivity index (χ4n) is 2.30. The highest BCUT2D eigenvalue weighted by molar-refractivity contribution is 6.30. The normalized spacial score (nSPS) is 13.0. The van der Waals surface area contributed by atoms with Crippen molar-refractivity contribution in [3.63, 3.8) is 0 Å². The fourth-order valence-corrected chi connectivity index (χ4v) is 2.42. The van der Waals surface area contributed by atoms with E-state index in [0.29, 0.717) is 6.04 Å². The highest BCUT2D eigenvalue weighted by Crippen LogP contribution is 2.32. The van der Waals surface area contributed by atoms with Gasteiger partial charge in [-0.25, -0.2) is 0 Å². The van der Waals surface area contributed by atoms with Crippen LogP contribution >= 0.6 is 11.6 Å². The first-order chi connectivity index (χ1) is 9.44. The van der Waals surface area contributed by atoms with Crippen LogP contribution in [0.1, 0.15) is 38.8 Å². The van der Waals surface area contributed by atoms with Gasteiger partial charge in [-0.05, 0) is 41.7 Å². The molecule has 1 nitrogen and oxygen atoms in total. The van der Waals surface area contributed by atoms with Gasteiger partial charge < -0.3 is 5.32 Å². The first-order valence-corrected chi connectivity index (χ1v) is 7.39. The van der Waals surface area contributed by atoms with E-state index in [-0.39, 0.29) is 5.41 Å². The highest BCUT2D eigenvalue weighted by atomic mass is 35.5. The lowest BCUT2D eigenvalue weighted by Gasteiger charge is -2.28. The van der Waals surface area contributed by atoms with Gasteiger partial charge in [-0.3, -0.25) is 0 Å². The van der Waals surface area contributed by atoms with Gasteiger partial charge in [-0.15, -0.1) is 0 Å². The minimum Gasteiger partial charge on any atom is -0.378 e. The Kier molecular flexibility index (Phi) is 4.72. The largest absolute Gasteiger partial charge is 0.378 e. The Hall–Kier alpha value is -1.47. The molecule has 1 unspecified atom stereocenters. The van der Waals surface area contributed by atoms with Gasteiger partial charge >= 0.3 is 0 Å². The van der Waals surface area contributed by atoms with E-state index in [4.69, 9.17) is 11.6 Å². The van der Waals surface area contributed by atoms with E-state index < -0.39 is 0 Å². The molecule has 0 aliphatic heterocycles. The molecule has 0 fully saturated rings. The molecule has 0 heterocycles. The third-order valence-electron chi connectivity index (χ3n) is 3.20. The summed E-state index contributed by atoms with van der Waals surface area (Å²) in [7, 11) is 0. The third-order valence-corrected chi connectivity index (χ3v) is 3.46. The minimum atomic E-state index is 0.264. The lowest BCUT2D eigenvalue weighted by Crippen LogP contribution is -2.18. The van der Waals surface area contributed by atoms with Crippen LogP contribution in [0.3, 0.4) is 0 Å². The van der Waals surface area contributed by atoms with Gasteiger partial charge in [0.25, 0.3) is 0 Å². The molecule has 0 saturated carbocycles. The van der Waals surface area contributed by atoms with E-state index in [1.54, 1.807) is 0 Å². The van der Waals surface area contributed by atoms with Gasteiger partial charge in [0.1, 0.15) is 0 Å². The van der Waals surface area contributed by atoms with E-state index in [1.807, 2.05) is 24.3 Å². The Balaban J connectivity index is 2.20. The molecule has 2 aromatic rings. The molecule has 20 heavy (non-hydrogen) atoms. The second kappa shape index (κ2) is 6.32. The predicted octanol–water partition coefficient (Wildman–Crippen LogP) is 5.93. The highest BCUT2D eigenvalue weighted by Gasteiger charge is 2.20. The van der Waals surface area contributed by atoms with Gasteiger partial charge in [0.2, 0.25) is 0 Å². The molecule has 0 amide bonds. The number of rotatable bonds is 4. The van der Waals surface area contributed by atoms with E-state index >= 15 is 0 Å². The summed E-state index contributed by atoms with van der Waals surface area (Å²) >= 11 is 5.94. The second-order valence-electron chi connectivity index (χ2n) is 6.38. The van der Waals surface area contributed by atoms with Crippen molar-refractivity contribution in [2.75, 3.05) is 5.32 Å². The van der Waals surface area contributed by atoms with Crippen LogP contribution in [0.25, 0.3) is 0 Å². The van der Waals surface area contributed by atoms with Crippen molar-refractivity contribution >= 4 is 17.3 Å². The fraction of sp³-hybridized carbons (Fsp3) is 0.333. The van der Waals surface area contributed by atoms with Crippen molar-refractivity contribution in [1.29, 1.82) is 0 Å². The van der Waals surface area contributed by atoms with E-state index in [0.717, 1.165) is 17.1 Å². The Bertz CT molecular complexity index is 526. The van der Waals surface area contributed by atoms with E-state index in [1.165, 1.54) is 5.56 Å². The molecule has 0 bridgehead atoms. The van der Waals surface area contributed by atoms with Crippen LogP contribution in [-0.2, 0) is 0 Å². The molecule has 106 valence electrons.